The highest BCUT2D eigenvalue weighted by molar-refractivity contribution is 9.10. The van der Waals surface area contributed by atoms with Crippen LogP contribution < -0.4 is 0 Å². The molecule has 0 aliphatic carbocycles. The maximum Gasteiger partial charge on any atom is 0.138 e. The highest BCUT2D eigenvalue weighted by Crippen LogP contribution is 2.27. The van der Waals surface area contributed by atoms with E-state index in [1.54, 1.807) is 6.20 Å². The summed E-state index contributed by atoms with van der Waals surface area (Å²) in [5, 5.41) is 0.666. The Labute approximate surface area is 119 Å². The normalized spacial score (nSPS) is 10.4. The smallest absolute Gasteiger partial charge is 0.138 e. The van der Waals surface area contributed by atoms with Crippen LogP contribution in [0.25, 0.3) is 11.4 Å². The molecule has 1 aromatic carbocycles. The summed E-state index contributed by atoms with van der Waals surface area (Å²) in [5.41, 5.74) is 0.926. The quantitative estimate of drug-likeness (QED) is 0.707. The van der Waals surface area contributed by atoms with Crippen molar-refractivity contribution in [3.63, 3.8) is 0 Å². The zero-order chi connectivity index (χ0) is 11.7. The molecule has 0 amide bonds. The van der Waals surface area contributed by atoms with Crippen LogP contribution in [0.15, 0.2) is 33.3 Å². The van der Waals surface area contributed by atoms with Gasteiger partial charge in [0.1, 0.15) is 10.5 Å². The molecule has 2 aromatic rings. The zero-order valence-electron chi connectivity index (χ0n) is 7.80. The van der Waals surface area contributed by atoms with Crippen LogP contribution >= 0.6 is 55.7 Å². The first-order valence-electron chi connectivity index (χ1n) is 4.28. The lowest BCUT2D eigenvalue weighted by molar-refractivity contribution is 1.14. The minimum absolute atomic E-state index is 0.621. The van der Waals surface area contributed by atoms with E-state index in [9.17, 15) is 0 Å². The molecule has 0 saturated heterocycles. The second-order valence-corrected chi connectivity index (χ2v) is 5.56. The maximum atomic E-state index is 5.92. The molecular weight excluding hydrogens is 375 g/mol. The van der Waals surface area contributed by atoms with E-state index in [-0.39, 0.29) is 0 Å². The Hall–Kier alpha value is -0.230. The summed E-state index contributed by atoms with van der Waals surface area (Å²) in [6, 6.07) is 5.58. The highest BCUT2D eigenvalue weighted by atomic mass is 79.9. The molecule has 0 saturated carbocycles. The van der Waals surface area contributed by atoms with Gasteiger partial charge in [0.2, 0.25) is 0 Å². The van der Waals surface area contributed by atoms with Crippen LogP contribution in [-0.2, 0) is 0 Å². The van der Waals surface area contributed by atoms with E-state index in [1.807, 2.05) is 18.2 Å². The Morgan fingerprint density at radius 2 is 2.00 bits per heavy atom. The van der Waals surface area contributed by atoms with Gasteiger partial charge in [-0.05, 0) is 50.1 Å². The van der Waals surface area contributed by atoms with E-state index in [0.29, 0.717) is 15.5 Å². The Morgan fingerprint density at radius 3 is 2.62 bits per heavy atom. The van der Waals surface area contributed by atoms with Crippen molar-refractivity contribution in [2.24, 2.45) is 0 Å². The Kier molecular flexibility index (Phi) is 3.79. The number of hydrogen-bond acceptors (Lipinski definition) is 2. The number of benzene rings is 1. The lowest BCUT2D eigenvalue weighted by Crippen LogP contribution is -1.89. The van der Waals surface area contributed by atoms with Crippen LogP contribution in [0.1, 0.15) is 0 Å². The van der Waals surface area contributed by atoms with Gasteiger partial charge in [-0.25, -0.2) is 4.98 Å². The SMILES string of the molecule is S=c1[nH]c(-c2ccc(Cl)c(Br)c2)ncc1Br. The predicted molar refractivity (Wildman–Crippen MR) is 75.3 cm³/mol. The fourth-order valence-corrected chi connectivity index (χ4v) is 2.02. The summed E-state index contributed by atoms with van der Waals surface area (Å²) in [6.07, 6.45) is 1.68. The molecule has 0 bridgehead atoms. The van der Waals surface area contributed by atoms with E-state index < -0.39 is 0 Å². The first-order valence-corrected chi connectivity index (χ1v) is 6.65. The van der Waals surface area contributed by atoms with Crippen LogP contribution in [0.2, 0.25) is 5.02 Å². The topological polar surface area (TPSA) is 28.7 Å². The number of halogens is 3. The minimum atomic E-state index is 0.621. The van der Waals surface area contributed by atoms with Crippen molar-refractivity contribution in [2.75, 3.05) is 0 Å². The van der Waals surface area contributed by atoms with Gasteiger partial charge in [-0.15, -0.1) is 0 Å². The summed E-state index contributed by atoms with van der Waals surface area (Å²) in [7, 11) is 0. The van der Waals surface area contributed by atoms with Crippen molar-refractivity contribution in [1.82, 2.24) is 9.97 Å². The maximum absolute atomic E-state index is 5.92. The molecule has 1 heterocycles. The largest absolute Gasteiger partial charge is 0.330 e. The van der Waals surface area contributed by atoms with Crippen molar-refractivity contribution >= 4 is 55.7 Å². The van der Waals surface area contributed by atoms with Gasteiger partial charge in [-0.3, -0.25) is 0 Å². The highest BCUT2D eigenvalue weighted by Gasteiger charge is 2.04. The molecule has 6 heteroatoms. The molecule has 0 unspecified atom stereocenters. The van der Waals surface area contributed by atoms with E-state index in [1.165, 1.54) is 0 Å². The third kappa shape index (κ3) is 2.53. The van der Waals surface area contributed by atoms with Crippen LogP contribution in [0.3, 0.4) is 0 Å². The van der Waals surface area contributed by atoms with E-state index in [0.717, 1.165) is 14.5 Å². The Balaban J connectivity index is 2.55. The van der Waals surface area contributed by atoms with Crippen LogP contribution in [0.4, 0.5) is 0 Å². The van der Waals surface area contributed by atoms with Crippen molar-refractivity contribution in [3.8, 4) is 11.4 Å². The van der Waals surface area contributed by atoms with Crippen molar-refractivity contribution in [3.05, 3.63) is 43.0 Å². The fourth-order valence-electron chi connectivity index (χ4n) is 1.17. The molecule has 16 heavy (non-hydrogen) atoms. The van der Waals surface area contributed by atoms with Crippen LogP contribution in [0.5, 0.6) is 0 Å². The third-order valence-electron chi connectivity index (χ3n) is 1.95. The molecule has 0 radical (unpaired) electrons. The van der Waals surface area contributed by atoms with Gasteiger partial charge in [0.05, 0.1) is 9.50 Å². The molecule has 2 rings (SSSR count). The first kappa shape index (κ1) is 12.2. The number of H-pyrrole nitrogens is 1. The van der Waals surface area contributed by atoms with Gasteiger partial charge >= 0.3 is 0 Å². The minimum Gasteiger partial charge on any atom is -0.330 e. The van der Waals surface area contributed by atoms with Gasteiger partial charge < -0.3 is 4.98 Å². The second-order valence-electron chi connectivity index (χ2n) is 3.04. The van der Waals surface area contributed by atoms with E-state index in [4.69, 9.17) is 23.8 Å². The molecule has 0 aliphatic rings. The molecule has 82 valence electrons. The third-order valence-corrected chi connectivity index (χ3v) is 4.35. The molecule has 1 aromatic heterocycles. The molecule has 1 N–H and O–H groups in total. The number of nitrogens with one attached hydrogen (secondary N) is 1. The Morgan fingerprint density at radius 1 is 1.25 bits per heavy atom. The average Bonchev–Trinajstić information content (AvgIpc) is 2.26. The number of rotatable bonds is 1. The van der Waals surface area contributed by atoms with Gasteiger partial charge in [-0.2, -0.15) is 0 Å². The molecule has 0 aliphatic heterocycles. The van der Waals surface area contributed by atoms with E-state index >= 15 is 0 Å². The summed E-state index contributed by atoms with van der Waals surface area (Å²) >= 11 is 17.7. The number of aromatic nitrogens is 2. The molecule has 0 fully saturated rings. The molecule has 0 spiro atoms. The van der Waals surface area contributed by atoms with Gasteiger partial charge in [0.25, 0.3) is 0 Å². The van der Waals surface area contributed by atoms with Gasteiger partial charge in [-0.1, -0.05) is 23.8 Å². The number of nitrogens with zero attached hydrogens (tertiary/aromatic N) is 1. The fraction of sp³-hybridized carbons (Fsp3) is 0. The number of aromatic amines is 1. The van der Waals surface area contributed by atoms with E-state index in [2.05, 4.69) is 41.8 Å². The molecular formula is C10H5Br2ClN2S. The van der Waals surface area contributed by atoms with Crippen LogP contribution in [-0.4, -0.2) is 9.97 Å². The predicted octanol–water partition coefficient (Wildman–Crippen LogP) is 4.98. The van der Waals surface area contributed by atoms with Gasteiger partial charge in [0, 0.05) is 16.2 Å². The second kappa shape index (κ2) is 4.96. The standard InChI is InChI=1S/C10H5Br2ClN2S/c11-6-3-5(1-2-8(6)13)9-14-4-7(12)10(16)15-9/h1-4H,(H,14,15,16). The molecule has 0 atom stereocenters. The van der Waals surface area contributed by atoms with Crippen molar-refractivity contribution in [2.45, 2.75) is 0 Å². The van der Waals surface area contributed by atoms with Gasteiger partial charge in [0.15, 0.2) is 0 Å². The monoisotopic (exact) mass is 378 g/mol. The summed E-state index contributed by atoms with van der Waals surface area (Å²) in [6.45, 7) is 0. The summed E-state index contributed by atoms with van der Waals surface area (Å²) < 4.78 is 2.23. The molecule has 2 nitrogen and oxygen atoms in total. The summed E-state index contributed by atoms with van der Waals surface area (Å²) in [4.78, 5) is 7.28. The van der Waals surface area contributed by atoms with Crippen molar-refractivity contribution < 1.29 is 0 Å². The Bertz CT molecular complexity index is 598. The first-order chi connectivity index (χ1) is 7.58. The lowest BCUT2D eigenvalue weighted by Gasteiger charge is -2.03. The van der Waals surface area contributed by atoms with Crippen molar-refractivity contribution in [1.29, 1.82) is 0 Å². The summed E-state index contributed by atoms with van der Waals surface area (Å²) in [5.74, 6) is 0.713. The number of hydrogen-bond donors (Lipinski definition) is 1. The van der Waals surface area contributed by atoms with Crippen LogP contribution in [0, 0.1) is 4.64 Å². The lowest BCUT2D eigenvalue weighted by atomic mass is 10.2. The zero-order valence-corrected chi connectivity index (χ0v) is 12.5. The average molecular weight is 380 g/mol.